The monoisotopic (exact) mass is 286 g/mol. The van der Waals surface area contributed by atoms with Crippen molar-refractivity contribution in [2.45, 2.75) is 19.4 Å². The standard InChI is InChI=1S/C14H22N2O2.ClH/c1-3-13(12-7-5-4-6-8-12)16-14(17)11-15-9-10-18-2;/h4-8,13,15H,3,9-11H2,1-2H3,(H,16,17);1H. The zero-order valence-corrected chi connectivity index (χ0v) is 12.3. The highest BCUT2D eigenvalue weighted by atomic mass is 35.5. The van der Waals surface area contributed by atoms with Crippen molar-refractivity contribution >= 4 is 18.3 Å². The average molecular weight is 287 g/mol. The second-order valence-electron chi connectivity index (χ2n) is 4.11. The number of amides is 1. The molecule has 1 unspecified atom stereocenters. The normalized spacial score (nSPS) is 11.5. The van der Waals surface area contributed by atoms with Crippen LogP contribution in [0.4, 0.5) is 0 Å². The minimum absolute atomic E-state index is 0. The fraction of sp³-hybridized carbons (Fsp3) is 0.500. The van der Waals surface area contributed by atoms with Crippen LogP contribution in [0.15, 0.2) is 30.3 Å². The Balaban J connectivity index is 0.00000324. The molecule has 1 aromatic carbocycles. The fourth-order valence-electron chi connectivity index (χ4n) is 1.73. The predicted molar refractivity (Wildman–Crippen MR) is 79.6 cm³/mol. The molecule has 0 spiro atoms. The molecule has 0 aromatic heterocycles. The molecule has 4 nitrogen and oxygen atoms in total. The van der Waals surface area contributed by atoms with E-state index < -0.39 is 0 Å². The van der Waals surface area contributed by atoms with Crippen LogP contribution in [0.1, 0.15) is 24.9 Å². The molecule has 0 aliphatic heterocycles. The average Bonchev–Trinajstić information content (AvgIpc) is 2.42. The molecule has 0 aliphatic carbocycles. The molecule has 0 fully saturated rings. The summed E-state index contributed by atoms with van der Waals surface area (Å²) in [5.74, 6) is 0.0156. The minimum atomic E-state index is 0. The zero-order valence-electron chi connectivity index (χ0n) is 11.5. The van der Waals surface area contributed by atoms with E-state index in [1.807, 2.05) is 30.3 Å². The second kappa shape index (κ2) is 10.8. The van der Waals surface area contributed by atoms with Crippen molar-refractivity contribution in [3.8, 4) is 0 Å². The highest BCUT2D eigenvalue weighted by Crippen LogP contribution is 2.15. The van der Waals surface area contributed by atoms with Crippen molar-refractivity contribution in [1.29, 1.82) is 0 Å². The van der Waals surface area contributed by atoms with Gasteiger partial charge in [0.25, 0.3) is 0 Å². The smallest absolute Gasteiger partial charge is 0.234 e. The molecule has 0 heterocycles. The van der Waals surface area contributed by atoms with Gasteiger partial charge in [-0.3, -0.25) is 4.79 Å². The molecule has 0 aliphatic rings. The Morgan fingerprint density at radius 3 is 2.58 bits per heavy atom. The first kappa shape index (κ1) is 17.9. The van der Waals surface area contributed by atoms with E-state index in [4.69, 9.17) is 4.74 Å². The van der Waals surface area contributed by atoms with Gasteiger partial charge in [0.05, 0.1) is 19.2 Å². The maximum atomic E-state index is 11.7. The quantitative estimate of drug-likeness (QED) is 0.718. The van der Waals surface area contributed by atoms with Gasteiger partial charge in [-0.2, -0.15) is 0 Å². The molecular formula is C14H23ClN2O2. The van der Waals surface area contributed by atoms with Gasteiger partial charge in [-0.1, -0.05) is 37.3 Å². The molecule has 5 heteroatoms. The molecule has 0 saturated carbocycles. The lowest BCUT2D eigenvalue weighted by Gasteiger charge is -2.17. The number of hydrogen-bond acceptors (Lipinski definition) is 3. The topological polar surface area (TPSA) is 50.4 Å². The minimum Gasteiger partial charge on any atom is -0.383 e. The van der Waals surface area contributed by atoms with Crippen molar-refractivity contribution in [3.63, 3.8) is 0 Å². The molecule has 1 rings (SSSR count). The molecular weight excluding hydrogens is 264 g/mol. The first-order valence-electron chi connectivity index (χ1n) is 6.32. The number of carbonyl (C=O) groups excluding carboxylic acids is 1. The fourth-order valence-corrected chi connectivity index (χ4v) is 1.73. The highest BCUT2D eigenvalue weighted by molar-refractivity contribution is 5.85. The Bertz CT molecular complexity index is 347. The van der Waals surface area contributed by atoms with Crippen LogP contribution in [0, 0.1) is 0 Å². The van der Waals surface area contributed by atoms with Gasteiger partial charge >= 0.3 is 0 Å². The summed E-state index contributed by atoms with van der Waals surface area (Å²) >= 11 is 0. The molecule has 0 bridgehead atoms. The molecule has 1 atom stereocenters. The van der Waals surface area contributed by atoms with Crippen LogP contribution in [0.5, 0.6) is 0 Å². The molecule has 1 amide bonds. The van der Waals surface area contributed by atoms with Crippen molar-refractivity contribution < 1.29 is 9.53 Å². The van der Waals surface area contributed by atoms with Gasteiger partial charge in [0.15, 0.2) is 0 Å². The molecule has 1 aromatic rings. The van der Waals surface area contributed by atoms with E-state index in [-0.39, 0.29) is 24.4 Å². The Morgan fingerprint density at radius 2 is 2.00 bits per heavy atom. The third kappa shape index (κ3) is 7.15. The zero-order chi connectivity index (χ0) is 13.2. The van der Waals surface area contributed by atoms with E-state index in [0.29, 0.717) is 19.7 Å². The maximum Gasteiger partial charge on any atom is 0.234 e. The molecule has 108 valence electrons. The third-order valence-corrected chi connectivity index (χ3v) is 2.71. The summed E-state index contributed by atoms with van der Waals surface area (Å²) < 4.78 is 4.90. The molecule has 0 radical (unpaired) electrons. The predicted octanol–water partition coefficient (Wildman–Crippen LogP) is 1.91. The van der Waals surface area contributed by atoms with E-state index in [1.54, 1.807) is 7.11 Å². The number of rotatable bonds is 8. The van der Waals surface area contributed by atoms with Gasteiger partial charge in [-0.25, -0.2) is 0 Å². The summed E-state index contributed by atoms with van der Waals surface area (Å²) in [6.45, 7) is 3.69. The Morgan fingerprint density at radius 1 is 1.32 bits per heavy atom. The lowest BCUT2D eigenvalue weighted by molar-refractivity contribution is -0.121. The van der Waals surface area contributed by atoms with Gasteiger partial charge in [0.1, 0.15) is 0 Å². The number of carbonyl (C=O) groups is 1. The Hall–Kier alpha value is -1.10. The van der Waals surface area contributed by atoms with Crippen molar-refractivity contribution in [2.75, 3.05) is 26.8 Å². The van der Waals surface area contributed by atoms with Crippen molar-refractivity contribution in [3.05, 3.63) is 35.9 Å². The van der Waals surface area contributed by atoms with E-state index in [9.17, 15) is 4.79 Å². The summed E-state index contributed by atoms with van der Waals surface area (Å²) in [4.78, 5) is 11.7. The van der Waals surface area contributed by atoms with Gasteiger partial charge in [0, 0.05) is 13.7 Å². The molecule has 2 N–H and O–H groups in total. The summed E-state index contributed by atoms with van der Waals surface area (Å²) in [6.07, 6.45) is 0.883. The number of methoxy groups -OCH3 is 1. The van der Waals surface area contributed by atoms with Crippen LogP contribution in [-0.2, 0) is 9.53 Å². The SMILES string of the molecule is CCC(NC(=O)CNCCOC)c1ccccc1.Cl. The highest BCUT2D eigenvalue weighted by Gasteiger charge is 2.11. The first-order valence-corrected chi connectivity index (χ1v) is 6.32. The van der Waals surface area contributed by atoms with Crippen LogP contribution < -0.4 is 10.6 Å². The number of hydrogen-bond donors (Lipinski definition) is 2. The lowest BCUT2D eigenvalue weighted by Crippen LogP contribution is -2.37. The maximum absolute atomic E-state index is 11.7. The van der Waals surface area contributed by atoms with E-state index in [0.717, 1.165) is 12.0 Å². The van der Waals surface area contributed by atoms with Gasteiger partial charge in [-0.05, 0) is 12.0 Å². The largest absolute Gasteiger partial charge is 0.383 e. The Kier molecular flexibility index (Phi) is 10.2. The summed E-state index contributed by atoms with van der Waals surface area (Å²) in [5, 5.41) is 6.05. The third-order valence-electron chi connectivity index (χ3n) is 2.71. The number of halogens is 1. The lowest BCUT2D eigenvalue weighted by atomic mass is 10.0. The van der Waals surface area contributed by atoms with Crippen molar-refractivity contribution in [2.24, 2.45) is 0 Å². The van der Waals surface area contributed by atoms with Gasteiger partial charge in [-0.15, -0.1) is 12.4 Å². The van der Waals surface area contributed by atoms with Crippen LogP contribution in [-0.4, -0.2) is 32.7 Å². The van der Waals surface area contributed by atoms with Crippen molar-refractivity contribution in [1.82, 2.24) is 10.6 Å². The molecule has 0 saturated heterocycles. The number of benzene rings is 1. The van der Waals surface area contributed by atoms with Crippen LogP contribution in [0.3, 0.4) is 0 Å². The van der Waals surface area contributed by atoms with Crippen LogP contribution in [0.2, 0.25) is 0 Å². The van der Waals surface area contributed by atoms with Gasteiger partial charge < -0.3 is 15.4 Å². The first-order chi connectivity index (χ1) is 8.77. The summed E-state index contributed by atoms with van der Waals surface area (Å²) in [7, 11) is 1.64. The van der Waals surface area contributed by atoms with Crippen LogP contribution in [0.25, 0.3) is 0 Å². The van der Waals surface area contributed by atoms with E-state index in [2.05, 4.69) is 17.6 Å². The second-order valence-corrected chi connectivity index (χ2v) is 4.11. The van der Waals surface area contributed by atoms with E-state index >= 15 is 0 Å². The molecule has 19 heavy (non-hydrogen) atoms. The number of ether oxygens (including phenoxy) is 1. The van der Waals surface area contributed by atoms with Gasteiger partial charge in [0.2, 0.25) is 5.91 Å². The van der Waals surface area contributed by atoms with Crippen LogP contribution >= 0.6 is 12.4 Å². The summed E-state index contributed by atoms with van der Waals surface area (Å²) in [5.41, 5.74) is 1.14. The van der Waals surface area contributed by atoms with E-state index in [1.165, 1.54) is 0 Å². The number of nitrogens with one attached hydrogen (secondary N) is 2. The summed E-state index contributed by atoms with van der Waals surface area (Å²) in [6, 6.07) is 10.1. The Labute approximate surface area is 121 Å².